The number of aromatic nitrogens is 2. The number of carbonyl (C=O) groups excluding carboxylic acids is 2. The van der Waals surface area contributed by atoms with E-state index in [4.69, 9.17) is 0 Å². The Morgan fingerprint density at radius 2 is 1.74 bits per heavy atom. The highest BCUT2D eigenvalue weighted by Crippen LogP contribution is 2.34. The number of carbonyl (C=O) groups is 2. The Balaban J connectivity index is 1.21. The number of halogens is 6. The molecule has 1 saturated heterocycles. The molecule has 2 fully saturated rings. The Kier molecular flexibility index (Phi) is 8.52. The zero-order valence-electron chi connectivity index (χ0n) is 21.2. The zero-order chi connectivity index (χ0) is 28.4. The van der Waals surface area contributed by atoms with Crippen molar-refractivity contribution in [2.24, 2.45) is 5.92 Å². The second-order valence-electron chi connectivity index (χ2n) is 10.1. The van der Waals surface area contributed by atoms with E-state index in [2.05, 4.69) is 30.8 Å². The van der Waals surface area contributed by atoms with Crippen LogP contribution in [0.5, 0.6) is 0 Å². The Bertz CT molecular complexity index is 1180. The normalized spacial score (nSPS) is 21.7. The van der Waals surface area contributed by atoms with Crippen molar-refractivity contribution in [3.8, 4) is 0 Å². The van der Waals surface area contributed by atoms with Crippen LogP contribution in [-0.4, -0.2) is 70.6 Å². The van der Waals surface area contributed by atoms with Gasteiger partial charge in [-0.15, -0.1) is 0 Å². The van der Waals surface area contributed by atoms with Gasteiger partial charge in [-0.3, -0.25) is 14.5 Å². The smallest absolute Gasteiger partial charge is 0.360 e. The molecular formula is C25H30F6N6O2. The number of alkyl halides is 6. The molecule has 1 atom stereocenters. The maximum absolute atomic E-state index is 13.1. The summed E-state index contributed by atoms with van der Waals surface area (Å²) >= 11 is 0. The molecule has 2 aliphatic rings. The Labute approximate surface area is 220 Å². The molecule has 2 heterocycles. The predicted molar refractivity (Wildman–Crippen MR) is 131 cm³/mol. The summed E-state index contributed by atoms with van der Waals surface area (Å²) in [6, 6.07) is 2.81. The van der Waals surface area contributed by atoms with E-state index in [-0.39, 0.29) is 41.7 Å². The first-order valence-electron chi connectivity index (χ1n) is 12.8. The van der Waals surface area contributed by atoms with E-state index in [0.29, 0.717) is 37.9 Å². The summed E-state index contributed by atoms with van der Waals surface area (Å²) in [6.45, 7) is 2.85. The number of fused-ring (bicyclic) bond motifs is 1. The number of hydrogen-bond donors (Lipinski definition) is 3. The first kappa shape index (κ1) is 28.8. The minimum Gasteiger partial charge on any atom is -0.360 e. The fourth-order valence-corrected chi connectivity index (χ4v) is 5.39. The molecule has 1 aliphatic heterocycles. The van der Waals surface area contributed by atoms with Crippen LogP contribution in [0.4, 0.5) is 32.2 Å². The van der Waals surface area contributed by atoms with Crippen LogP contribution in [0.2, 0.25) is 0 Å². The van der Waals surface area contributed by atoms with Gasteiger partial charge in [0.2, 0.25) is 5.91 Å². The topological polar surface area (TPSA) is 99.2 Å². The molecule has 14 heteroatoms. The molecule has 0 bridgehead atoms. The number of nitrogens with zero attached hydrogens (tertiary/aromatic N) is 3. The van der Waals surface area contributed by atoms with Crippen molar-refractivity contribution >= 4 is 28.5 Å². The molecule has 214 valence electrons. The lowest BCUT2D eigenvalue weighted by molar-refractivity contribution is -0.174. The van der Waals surface area contributed by atoms with Crippen molar-refractivity contribution in [3.63, 3.8) is 0 Å². The molecule has 2 aromatic rings. The van der Waals surface area contributed by atoms with Gasteiger partial charge in [-0.2, -0.15) is 26.3 Å². The fourth-order valence-electron chi connectivity index (χ4n) is 5.39. The third-order valence-corrected chi connectivity index (χ3v) is 7.49. The van der Waals surface area contributed by atoms with Crippen LogP contribution in [0.3, 0.4) is 0 Å². The quantitative estimate of drug-likeness (QED) is 0.424. The van der Waals surface area contributed by atoms with Crippen LogP contribution in [0, 0.1) is 5.92 Å². The zero-order valence-corrected chi connectivity index (χ0v) is 21.2. The molecule has 3 N–H and O–H groups in total. The first-order valence-corrected chi connectivity index (χ1v) is 12.8. The monoisotopic (exact) mass is 560 g/mol. The van der Waals surface area contributed by atoms with Crippen molar-refractivity contribution in [1.29, 1.82) is 0 Å². The summed E-state index contributed by atoms with van der Waals surface area (Å²) in [5, 5.41) is 7.98. The number of anilines is 1. The van der Waals surface area contributed by atoms with Gasteiger partial charge in [0.25, 0.3) is 0 Å². The summed E-state index contributed by atoms with van der Waals surface area (Å²) in [5.41, 5.74) is -0.518. The van der Waals surface area contributed by atoms with Gasteiger partial charge in [-0.1, -0.05) is 6.92 Å². The molecule has 0 spiro atoms. The number of hydrogen-bond acceptors (Lipinski definition) is 6. The highest BCUT2D eigenvalue weighted by Gasteiger charge is 2.42. The van der Waals surface area contributed by atoms with Gasteiger partial charge in [0.15, 0.2) is 0 Å². The fraction of sp³-hybridized carbons (Fsp3) is 0.600. The summed E-state index contributed by atoms with van der Waals surface area (Å²) in [4.78, 5) is 34.0. The molecule has 1 aromatic heterocycles. The van der Waals surface area contributed by atoms with Crippen LogP contribution in [0.1, 0.15) is 44.6 Å². The van der Waals surface area contributed by atoms with Crippen molar-refractivity contribution in [3.05, 3.63) is 30.1 Å². The number of amides is 2. The summed E-state index contributed by atoms with van der Waals surface area (Å²) in [5.74, 6) is -2.10. The van der Waals surface area contributed by atoms with Crippen molar-refractivity contribution in [2.75, 3.05) is 25.0 Å². The third kappa shape index (κ3) is 7.08. The van der Waals surface area contributed by atoms with E-state index in [1.165, 1.54) is 12.4 Å². The average Bonchev–Trinajstić information content (AvgIpc) is 2.86. The SMILES string of the molecule is CC[C@H](NC(=O)C(F)(F)F)[C@H]1CC[C@H](N2CC(NC(=O)CNc3ncnc4ccc(C(F)(F)F)cc34)C2)CC1. The molecule has 1 saturated carbocycles. The standard InChI is InChI=1S/C25H30F6N6O2/c1-2-19(36-23(39)25(29,30)31)14-3-6-17(7-4-14)37-11-16(12-37)35-21(38)10-32-22-18-9-15(24(26,27)28)5-8-20(18)33-13-34-22/h5,8-9,13-14,16-17,19H,2-4,6-7,10-12H2,1H3,(H,35,38)(H,36,39)(H,32,33,34)/t14-,17-,19-/m0/s1. The Morgan fingerprint density at radius 1 is 1.05 bits per heavy atom. The molecule has 0 unspecified atom stereocenters. The van der Waals surface area contributed by atoms with E-state index in [0.717, 1.165) is 25.0 Å². The maximum Gasteiger partial charge on any atom is 0.471 e. The maximum atomic E-state index is 13.1. The summed E-state index contributed by atoms with van der Waals surface area (Å²) in [7, 11) is 0. The van der Waals surface area contributed by atoms with E-state index in [1.54, 1.807) is 6.92 Å². The Hall–Kier alpha value is -3.16. The molecule has 1 aromatic carbocycles. The summed E-state index contributed by atoms with van der Waals surface area (Å²) in [6.07, 6.45) is -4.76. The minimum absolute atomic E-state index is 0.00881. The van der Waals surface area contributed by atoms with E-state index in [9.17, 15) is 35.9 Å². The van der Waals surface area contributed by atoms with Gasteiger partial charge in [-0.05, 0) is 56.2 Å². The highest BCUT2D eigenvalue weighted by atomic mass is 19.4. The molecule has 1 aliphatic carbocycles. The van der Waals surface area contributed by atoms with Gasteiger partial charge in [0.1, 0.15) is 12.1 Å². The van der Waals surface area contributed by atoms with Crippen LogP contribution in [0.15, 0.2) is 24.5 Å². The number of likely N-dealkylation sites (tertiary alicyclic amines) is 1. The largest absolute Gasteiger partial charge is 0.471 e. The number of rotatable bonds is 8. The van der Waals surface area contributed by atoms with Gasteiger partial charge in [0.05, 0.1) is 23.7 Å². The number of benzene rings is 1. The molecule has 8 nitrogen and oxygen atoms in total. The van der Waals surface area contributed by atoms with Crippen LogP contribution in [0.25, 0.3) is 10.9 Å². The minimum atomic E-state index is -4.89. The van der Waals surface area contributed by atoms with E-state index in [1.807, 2.05) is 0 Å². The third-order valence-electron chi connectivity index (χ3n) is 7.49. The molecular weight excluding hydrogens is 530 g/mol. The molecule has 4 rings (SSSR count). The lowest BCUT2D eigenvalue weighted by Gasteiger charge is -2.47. The second-order valence-corrected chi connectivity index (χ2v) is 10.1. The van der Waals surface area contributed by atoms with Gasteiger partial charge < -0.3 is 16.0 Å². The van der Waals surface area contributed by atoms with Crippen molar-refractivity contribution in [1.82, 2.24) is 25.5 Å². The predicted octanol–water partition coefficient (Wildman–Crippen LogP) is 3.88. The molecule has 0 radical (unpaired) electrons. The van der Waals surface area contributed by atoms with Gasteiger partial charge in [0, 0.05) is 30.6 Å². The van der Waals surface area contributed by atoms with E-state index >= 15 is 0 Å². The Morgan fingerprint density at radius 3 is 2.36 bits per heavy atom. The van der Waals surface area contributed by atoms with E-state index < -0.39 is 29.9 Å². The first-order chi connectivity index (χ1) is 18.3. The lowest BCUT2D eigenvalue weighted by Crippen LogP contribution is -2.63. The molecule has 39 heavy (non-hydrogen) atoms. The van der Waals surface area contributed by atoms with Gasteiger partial charge >= 0.3 is 18.3 Å². The highest BCUT2D eigenvalue weighted by molar-refractivity contribution is 5.91. The molecule has 2 amide bonds. The van der Waals surface area contributed by atoms with Crippen molar-refractivity contribution in [2.45, 2.75) is 69.5 Å². The van der Waals surface area contributed by atoms with Crippen LogP contribution >= 0.6 is 0 Å². The average molecular weight is 561 g/mol. The van der Waals surface area contributed by atoms with Crippen molar-refractivity contribution < 1.29 is 35.9 Å². The van der Waals surface area contributed by atoms with Crippen LogP contribution in [-0.2, 0) is 15.8 Å². The number of nitrogens with one attached hydrogen (secondary N) is 3. The van der Waals surface area contributed by atoms with Gasteiger partial charge in [-0.25, -0.2) is 9.97 Å². The second kappa shape index (κ2) is 11.5. The summed E-state index contributed by atoms with van der Waals surface area (Å²) < 4.78 is 77.1. The lowest BCUT2D eigenvalue weighted by atomic mass is 9.79. The van der Waals surface area contributed by atoms with Crippen LogP contribution < -0.4 is 16.0 Å².